The minimum Gasteiger partial charge on any atom is -0.485 e. The Labute approximate surface area is 230 Å². The number of pyridine rings is 1. The third-order valence-corrected chi connectivity index (χ3v) is 7.97. The van der Waals surface area contributed by atoms with Crippen molar-refractivity contribution < 1.29 is 19.4 Å². The van der Waals surface area contributed by atoms with Crippen LogP contribution in [0.1, 0.15) is 66.0 Å². The van der Waals surface area contributed by atoms with Crippen molar-refractivity contribution in [3.8, 4) is 28.8 Å². The largest absolute Gasteiger partial charge is 0.485 e. The standard InChI is InChI=1S/C32H35N3O4/c1-19(32(36)37)31(21-6-7-21)23-8-5-20-10-12-28(39-29(20)14-23)22-9-11-26(24(13-22)18-35(2)3)27-15-30(38-4)34-17-25(27)16-33/h5,8-9,11,13-15,17,19,21,28,31H,6-7,10,12,18H2,1-4H3,(H,36,37)/t19-,28?,31-/m0/s1. The number of fused-ring (bicyclic) bond motifs is 1. The lowest BCUT2D eigenvalue weighted by molar-refractivity contribution is -0.142. The van der Waals surface area contributed by atoms with E-state index in [2.05, 4.69) is 52.4 Å². The van der Waals surface area contributed by atoms with Crippen LogP contribution in [0.2, 0.25) is 0 Å². The summed E-state index contributed by atoms with van der Waals surface area (Å²) < 4.78 is 11.9. The van der Waals surface area contributed by atoms with E-state index in [1.54, 1.807) is 13.3 Å². The highest BCUT2D eigenvalue weighted by atomic mass is 16.5. The Morgan fingerprint density at radius 3 is 2.64 bits per heavy atom. The summed E-state index contributed by atoms with van der Waals surface area (Å²) >= 11 is 0. The molecule has 2 aromatic carbocycles. The molecule has 1 aliphatic carbocycles. The number of aromatic nitrogens is 1. The van der Waals surface area contributed by atoms with Gasteiger partial charge in [-0.15, -0.1) is 0 Å². The molecule has 3 aromatic rings. The number of hydrogen-bond donors (Lipinski definition) is 1. The number of carboxylic acid groups (broad SMARTS) is 1. The van der Waals surface area contributed by atoms with Gasteiger partial charge in [-0.25, -0.2) is 4.98 Å². The maximum Gasteiger partial charge on any atom is 0.306 e. The fourth-order valence-corrected chi connectivity index (χ4v) is 5.81. The highest BCUT2D eigenvalue weighted by molar-refractivity contribution is 5.74. The fourth-order valence-electron chi connectivity index (χ4n) is 5.81. The Kier molecular flexibility index (Phi) is 7.58. The summed E-state index contributed by atoms with van der Waals surface area (Å²) in [7, 11) is 5.62. The Morgan fingerprint density at radius 2 is 1.97 bits per heavy atom. The molecule has 0 spiro atoms. The molecule has 1 unspecified atom stereocenters. The zero-order valence-electron chi connectivity index (χ0n) is 23.0. The molecule has 1 N–H and O–H groups in total. The van der Waals surface area contributed by atoms with Crippen LogP contribution in [0.15, 0.2) is 48.7 Å². The summed E-state index contributed by atoms with van der Waals surface area (Å²) in [5.74, 6) is 0.586. The Balaban J connectivity index is 1.47. The minimum atomic E-state index is -0.747. The number of benzene rings is 2. The van der Waals surface area contributed by atoms with Crippen molar-refractivity contribution in [2.75, 3.05) is 21.2 Å². The van der Waals surface area contributed by atoms with Gasteiger partial charge in [0.15, 0.2) is 0 Å². The molecule has 1 aromatic heterocycles. The smallest absolute Gasteiger partial charge is 0.306 e. The minimum absolute atomic E-state index is 0.00874. The van der Waals surface area contributed by atoms with Crippen molar-refractivity contribution in [2.45, 2.75) is 51.2 Å². The van der Waals surface area contributed by atoms with Crippen molar-refractivity contribution in [3.63, 3.8) is 0 Å². The van der Waals surface area contributed by atoms with E-state index in [1.165, 1.54) is 5.56 Å². The monoisotopic (exact) mass is 525 g/mol. The lowest BCUT2D eigenvalue weighted by Crippen LogP contribution is -2.21. The molecule has 1 saturated carbocycles. The number of aliphatic carboxylic acids is 1. The number of rotatable bonds is 9. The third kappa shape index (κ3) is 5.62. The van der Waals surface area contributed by atoms with Crippen LogP contribution >= 0.6 is 0 Å². The van der Waals surface area contributed by atoms with Gasteiger partial charge in [0, 0.05) is 24.4 Å². The van der Waals surface area contributed by atoms with Gasteiger partial charge in [0.2, 0.25) is 5.88 Å². The number of carboxylic acids is 1. The van der Waals surface area contributed by atoms with Crippen LogP contribution < -0.4 is 9.47 Å². The van der Waals surface area contributed by atoms with E-state index in [4.69, 9.17) is 9.47 Å². The van der Waals surface area contributed by atoms with Gasteiger partial charge in [-0.1, -0.05) is 37.3 Å². The van der Waals surface area contributed by atoms with Crippen molar-refractivity contribution >= 4 is 5.97 Å². The second-order valence-corrected chi connectivity index (χ2v) is 11.0. The van der Waals surface area contributed by atoms with Crippen LogP contribution in [-0.4, -0.2) is 42.2 Å². The van der Waals surface area contributed by atoms with Crippen LogP contribution in [0.5, 0.6) is 11.6 Å². The second kappa shape index (κ2) is 11.1. The first-order valence-corrected chi connectivity index (χ1v) is 13.5. The molecule has 39 heavy (non-hydrogen) atoms. The Bertz CT molecular complexity index is 1420. The molecule has 5 rings (SSSR count). The molecule has 0 bridgehead atoms. The van der Waals surface area contributed by atoms with Gasteiger partial charge in [-0.05, 0) is 85.5 Å². The third-order valence-electron chi connectivity index (χ3n) is 7.97. The quantitative estimate of drug-likeness (QED) is 0.368. The summed E-state index contributed by atoms with van der Waals surface area (Å²) in [5, 5.41) is 19.4. The molecule has 2 heterocycles. The SMILES string of the molecule is COc1cc(-c2ccc(C3CCc4ccc([C@H](C5CC5)[C@H](C)C(=O)O)cc4O3)cc2CN(C)C)c(C#N)cn1. The molecule has 1 aliphatic heterocycles. The average Bonchev–Trinajstić information content (AvgIpc) is 3.77. The molecule has 202 valence electrons. The number of carbonyl (C=O) groups is 1. The van der Waals surface area contributed by atoms with Gasteiger partial charge in [-0.3, -0.25) is 4.79 Å². The van der Waals surface area contributed by atoms with E-state index in [-0.39, 0.29) is 12.0 Å². The molecule has 7 heteroatoms. The van der Waals surface area contributed by atoms with Gasteiger partial charge in [0.05, 0.1) is 18.6 Å². The number of nitriles is 1. The number of hydrogen-bond acceptors (Lipinski definition) is 6. The lowest BCUT2D eigenvalue weighted by Gasteiger charge is -2.29. The first-order chi connectivity index (χ1) is 18.8. The van der Waals surface area contributed by atoms with E-state index >= 15 is 0 Å². The first kappa shape index (κ1) is 26.7. The summed E-state index contributed by atoms with van der Waals surface area (Å²) in [6.07, 6.45) is 5.37. The van der Waals surface area contributed by atoms with Crippen LogP contribution in [0, 0.1) is 23.2 Å². The molecule has 0 radical (unpaired) electrons. The topological polar surface area (TPSA) is 95.7 Å². The van der Waals surface area contributed by atoms with Crippen LogP contribution in [0.25, 0.3) is 11.1 Å². The summed E-state index contributed by atoms with van der Waals surface area (Å²) in [6, 6.07) is 16.7. The molecule has 3 atom stereocenters. The van der Waals surface area contributed by atoms with Crippen LogP contribution in [0.3, 0.4) is 0 Å². The maximum absolute atomic E-state index is 11.8. The number of methoxy groups -OCH3 is 1. The Hall–Kier alpha value is -3.89. The highest BCUT2D eigenvalue weighted by Crippen LogP contribution is 2.48. The van der Waals surface area contributed by atoms with Crippen molar-refractivity contribution in [1.82, 2.24) is 9.88 Å². The van der Waals surface area contributed by atoms with E-state index < -0.39 is 11.9 Å². The van der Waals surface area contributed by atoms with E-state index in [0.29, 0.717) is 23.9 Å². The predicted octanol–water partition coefficient (Wildman–Crippen LogP) is 5.97. The molecule has 7 nitrogen and oxygen atoms in total. The predicted molar refractivity (Wildman–Crippen MR) is 149 cm³/mol. The zero-order chi connectivity index (χ0) is 27.7. The zero-order valence-corrected chi connectivity index (χ0v) is 23.0. The highest BCUT2D eigenvalue weighted by Gasteiger charge is 2.39. The molecule has 1 fully saturated rings. The van der Waals surface area contributed by atoms with E-state index in [0.717, 1.165) is 59.3 Å². The molecule has 0 amide bonds. The molecular formula is C32H35N3O4. The number of nitrogens with zero attached hydrogens (tertiary/aromatic N) is 3. The van der Waals surface area contributed by atoms with Crippen molar-refractivity contribution in [3.05, 3.63) is 76.5 Å². The lowest BCUT2D eigenvalue weighted by atomic mass is 9.82. The van der Waals surface area contributed by atoms with Gasteiger partial charge in [-0.2, -0.15) is 5.26 Å². The van der Waals surface area contributed by atoms with Crippen LogP contribution in [0.4, 0.5) is 0 Å². The van der Waals surface area contributed by atoms with Crippen LogP contribution in [-0.2, 0) is 17.8 Å². The van der Waals surface area contributed by atoms with Gasteiger partial charge in [0.1, 0.15) is 17.9 Å². The summed E-state index contributed by atoms with van der Waals surface area (Å²) in [5.41, 5.74) is 6.67. The first-order valence-electron chi connectivity index (χ1n) is 13.5. The van der Waals surface area contributed by atoms with E-state index in [9.17, 15) is 15.2 Å². The second-order valence-electron chi connectivity index (χ2n) is 11.0. The molecule has 2 aliphatic rings. The average molecular weight is 526 g/mol. The van der Waals surface area contributed by atoms with E-state index in [1.807, 2.05) is 27.1 Å². The van der Waals surface area contributed by atoms with Crippen molar-refractivity contribution in [2.24, 2.45) is 11.8 Å². The van der Waals surface area contributed by atoms with Gasteiger partial charge >= 0.3 is 5.97 Å². The van der Waals surface area contributed by atoms with Crippen molar-refractivity contribution in [1.29, 1.82) is 5.26 Å². The molecular weight excluding hydrogens is 490 g/mol. The molecule has 0 saturated heterocycles. The maximum atomic E-state index is 11.8. The van der Waals surface area contributed by atoms with Gasteiger partial charge < -0.3 is 19.5 Å². The number of aryl methyl sites for hydroxylation is 1. The fraction of sp³-hybridized carbons (Fsp3) is 0.406. The normalized spacial score (nSPS) is 18.0. The number of ether oxygens (including phenoxy) is 2. The summed E-state index contributed by atoms with van der Waals surface area (Å²) in [6.45, 7) is 2.51. The van der Waals surface area contributed by atoms with Gasteiger partial charge in [0.25, 0.3) is 0 Å². The Morgan fingerprint density at radius 1 is 1.18 bits per heavy atom. The summed E-state index contributed by atoms with van der Waals surface area (Å²) in [4.78, 5) is 18.1.